The Balaban J connectivity index is 6.28. The Morgan fingerprint density at radius 3 is 1.00 bits per heavy atom. The normalized spacial score (nSPS) is 18.2. The van der Waals surface area contributed by atoms with Crippen LogP contribution in [0.3, 0.4) is 0 Å². The predicted molar refractivity (Wildman–Crippen MR) is 62.9 cm³/mol. The molecule has 0 heterocycles. The fraction of sp³-hybridized carbons (Fsp3) is 1.00. The molecule has 0 fully saturated rings. The molecular weight excluding hydrogens is 243 g/mol. The molecule has 4 heteroatoms. The summed E-state index contributed by atoms with van der Waals surface area (Å²) < 4.78 is 31.3. The topological polar surface area (TPSA) is 43.4 Å². The Morgan fingerprint density at radius 2 is 0.938 bits per heavy atom. The molecule has 16 heavy (non-hydrogen) atoms. The van der Waals surface area contributed by atoms with E-state index in [0.29, 0.717) is 0 Å². The minimum atomic E-state index is -5.83. The van der Waals surface area contributed by atoms with E-state index in [4.69, 9.17) is 3.66 Å². The van der Waals surface area contributed by atoms with Crippen molar-refractivity contribution in [1.82, 2.24) is 0 Å². The van der Waals surface area contributed by atoms with Crippen molar-refractivity contribution in [1.29, 1.82) is 0 Å². The Hall–Kier alpha value is 0.144. The summed E-state index contributed by atoms with van der Waals surface area (Å²) in [4.78, 5) is 0. The minimum absolute atomic E-state index is 0.304. The van der Waals surface area contributed by atoms with E-state index < -0.39 is 25.9 Å². The molecule has 0 aromatic heterocycles. The van der Waals surface area contributed by atoms with Crippen molar-refractivity contribution >= 4 is 0 Å². The average molecular weight is 271 g/mol. The Kier molecular flexibility index (Phi) is 3.86. The molecule has 0 unspecified atom stereocenters. The van der Waals surface area contributed by atoms with Crippen molar-refractivity contribution in [3.63, 3.8) is 0 Å². The predicted octanol–water partition coefficient (Wildman–Crippen LogP) is 4.73. The maximum atomic E-state index is 13.6. The maximum absolute atomic E-state index is 13.6. The van der Waals surface area contributed by atoms with E-state index in [2.05, 4.69) is 0 Å². The molecule has 0 rings (SSSR count). The van der Waals surface area contributed by atoms with E-state index in [9.17, 15) is 7.35 Å². The van der Waals surface area contributed by atoms with E-state index in [0.717, 1.165) is 0 Å². The molecule has 0 N–H and O–H groups in total. The van der Waals surface area contributed by atoms with Gasteiger partial charge in [-0.15, -0.1) is 0 Å². The Morgan fingerprint density at radius 1 is 0.688 bits per heavy atom. The molecule has 0 amide bonds. The van der Waals surface area contributed by atoms with Crippen LogP contribution in [0.5, 0.6) is 0 Å². The Labute approximate surface area is 98.6 Å². The first-order valence-electron chi connectivity index (χ1n) is 6.18. The molecule has 0 aliphatic rings. The van der Waals surface area contributed by atoms with Crippen LogP contribution in [0.4, 0.5) is 0 Å². The van der Waals surface area contributed by atoms with Gasteiger partial charge in [0, 0.05) is 0 Å². The zero-order chi connectivity index (χ0) is 13.4. The van der Waals surface area contributed by atoms with Crippen molar-refractivity contribution in [3.05, 3.63) is 0 Å². The molecule has 3 nitrogen and oxygen atoms in total. The molecule has 0 atom stereocenters. The van der Waals surface area contributed by atoms with Crippen molar-refractivity contribution in [3.8, 4) is 0 Å². The zero-order valence-electron chi connectivity index (χ0n) is 12.0. The number of hydrogen-bond acceptors (Lipinski definition) is 3. The van der Waals surface area contributed by atoms with Crippen LogP contribution in [0.2, 0.25) is 13.9 Å². The van der Waals surface area contributed by atoms with Crippen LogP contribution in [0.25, 0.3) is 0 Å². The van der Waals surface area contributed by atoms with E-state index in [1.54, 1.807) is 55.4 Å². The molecule has 0 bridgehead atoms. The molecule has 0 spiro atoms. The van der Waals surface area contributed by atoms with Crippen LogP contribution in [0.1, 0.15) is 55.4 Å². The first-order chi connectivity index (χ1) is 6.84. The Bertz CT molecular complexity index is 363. The summed E-state index contributed by atoms with van der Waals surface area (Å²) >= 11 is -5.83. The second-order valence-corrected chi connectivity index (χ2v) is 16.3. The third-order valence-electron chi connectivity index (χ3n) is 4.17. The molecule has 0 radical (unpaired) electrons. The van der Waals surface area contributed by atoms with Crippen LogP contribution in [-0.4, -0.2) is 6.10 Å². The van der Waals surface area contributed by atoms with Gasteiger partial charge in [-0.25, -0.2) is 0 Å². The van der Waals surface area contributed by atoms with Gasteiger partial charge >= 0.3 is 98.4 Å². The summed E-state index contributed by atoms with van der Waals surface area (Å²) in [5, 5.41) is 0. The van der Waals surface area contributed by atoms with Crippen molar-refractivity contribution < 1.29 is 23.0 Å². The van der Waals surface area contributed by atoms with Gasteiger partial charge in [-0.05, 0) is 0 Å². The SMILES string of the molecule is CC(C)[O][V](=[O])(=[O])([CH](C)C)([CH](C)C)[CH](C)C. The molecule has 0 aromatic rings. The van der Waals surface area contributed by atoms with Crippen molar-refractivity contribution in [2.45, 2.75) is 75.4 Å². The van der Waals surface area contributed by atoms with Crippen molar-refractivity contribution in [2.24, 2.45) is 0 Å². The van der Waals surface area contributed by atoms with Crippen LogP contribution >= 0.6 is 0 Å². The van der Waals surface area contributed by atoms with E-state index in [1.807, 2.05) is 0 Å². The monoisotopic (exact) mass is 271 g/mol. The third-order valence-corrected chi connectivity index (χ3v) is 17.2. The van der Waals surface area contributed by atoms with Crippen LogP contribution in [-0.2, 0) is 23.0 Å². The fourth-order valence-electron chi connectivity index (χ4n) is 2.69. The fourth-order valence-corrected chi connectivity index (χ4v) is 11.1. The third kappa shape index (κ3) is 1.77. The number of hydrogen-bond donors (Lipinski definition) is 0. The summed E-state index contributed by atoms with van der Waals surface area (Å²) in [7, 11) is 0. The second kappa shape index (κ2) is 3.83. The summed E-state index contributed by atoms with van der Waals surface area (Å²) in [6, 6.07) is 0. The zero-order valence-corrected chi connectivity index (χ0v) is 13.4. The average Bonchev–Trinajstić information content (AvgIpc) is 2.01. The molecule has 0 aliphatic carbocycles. The van der Waals surface area contributed by atoms with Gasteiger partial charge in [0.05, 0.1) is 0 Å². The van der Waals surface area contributed by atoms with E-state index >= 15 is 0 Å². The van der Waals surface area contributed by atoms with Crippen LogP contribution < -0.4 is 0 Å². The van der Waals surface area contributed by atoms with Crippen LogP contribution in [0, 0.1) is 0 Å². The molecule has 99 valence electrons. The molecule has 0 aromatic carbocycles. The van der Waals surface area contributed by atoms with Gasteiger partial charge in [-0.2, -0.15) is 0 Å². The summed E-state index contributed by atoms with van der Waals surface area (Å²) in [6.07, 6.45) is -0.304. The van der Waals surface area contributed by atoms with Gasteiger partial charge in [-0.3, -0.25) is 0 Å². The summed E-state index contributed by atoms with van der Waals surface area (Å²) in [6.45, 7) is 14.0. The second-order valence-electron chi connectivity index (χ2n) is 6.05. The standard InChI is InChI=1S/C3H7O.3C3H7.2O.V/c1-3(2)4;3*1-3-2;;;/h3H,1-2H3;3*3H,1-2H3;;;/q-1;;;;;;+1. The first kappa shape index (κ1) is 16.1. The van der Waals surface area contributed by atoms with Gasteiger partial charge in [0.25, 0.3) is 0 Å². The molecule has 0 aliphatic heterocycles. The van der Waals surface area contributed by atoms with Gasteiger partial charge in [0.1, 0.15) is 0 Å². The molecular formula is C12H28O3V. The molecule has 0 saturated carbocycles. The van der Waals surface area contributed by atoms with Crippen LogP contribution in [0.15, 0.2) is 0 Å². The van der Waals surface area contributed by atoms with E-state index in [1.165, 1.54) is 0 Å². The quantitative estimate of drug-likeness (QED) is 0.726. The van der Waals surface area contributed by atoms with Crippen molar-refractivity contribution in [2.75, 3.05) is 0 Å². The summed E-state index contributed by atoms with van der Waals surface area (Å²) in [5.74, 6) is 0. The van der Waals surface area contributed by atoms with Gasteiger partial charge in [-0.1, -0.05) is 0 Å². The first-order valence-corrected chi connectivity index (χ1v) is 10.3. The molecule has 0 saturated heterocycles. The summed E-state index contributed by atoms with van der Waals surface area (Å²) in [5.41, 5.74) is 0. The van der Waals surface area contributed by atoms with Gasteiger partial charge in [0.2, 0.25) is 0 Å². The van der Waals surface area contributed by atoms with Gasteiger partial charge in [0.15, 0.2) is 0 Å². The van der Waals surface area contributed by atoms with E-state index in [-0.39, 0.29) is 6.10 Å². The van der Waals surface area contributed by atoms with Gasteiger partial charge < -0.3 is 0 Å². The number of rotatable bonds is 5.